The van der Waals surface area contributed by atoms with Crippen LogP contribution in [0, 0.1) is 12.8 Å². The number of alkyl halides is 3. The standard InChI is InChI=1S/C19H17F3N6O/c1-10-7-13(25-18(29)11-3-4-11)9-24-15(10)17-27-26-16(28(17)2)14-8-12(5-6-23-14)19(20,21)22/h5-9,11H,3-4H2,1-2H3,(H,25,29). The average Bonchev–Trinajstić information content (AvgIpc) is 3.45. The van der Waals surface area contributed by atoms with Gasteiger partial charge in [-0.3, -0.25) is 14.8 Å². The molecule has 0 atom stereocenters. The third-order valence-corrected chi connectivity index (χ3v) is 4.70. The van der Waals surface area contributed by atoms with Crippen molar-refractivity contribution in [2.75, 3.05) is 5.32 Å². The minimum absolute atomic E-state index is 0.0180. The fourth-order valence-corrected chi connectivity index (χ4v) is 2.95. The van der Waals surface area contributed by atoms with E-state index in [1.165, 1.54) is 6.20 Å². The van der Waals surface area contributed by atoms with Crippen LogP contribution in [0.1, 0.15) is 24.0 Å². The molecule has 0 unspecified atom stereocenters. The highest BCUT2D eigenvalue weighted by Gasteiger charge is 2.31. The van der Waals surface area contributed by atoms with Crippen LogP contribution in [0.3, 0.4) is 0 Å². The molecular formula is C19H17F3N6O. The van der Waals surface area contributed by atoms with Crippen molar-refractivity contribution < 1.29 is 18.0 Å². The smallest absolute Gasteiger partial charge is 0.324 e. The molecule has 1 saturated carbocycles. The minimum atomic E-state index is -4.47. The van der Waals surface area contributed by atoms with Crippen LogP contribution in [0.15, 0.2) is 30.6 Å². The van der Waals surface area contributed by atoms with E-state index in [1.807, 2.05) is 6.92 Å². The molecular weight excluding hydrogens is 385 g/mol. The monoisotopic (exact) mass is 402 g/mol. The summed E-state index contributed by atoms with van der Waals surface area (Å²) in [6.45, 7) is 1.81. The Labute approximate surface area is 164 Å². The van der Waals surface area contributed by atoms with Crippen LogP contribution >= 0.6 is 0 Å². The van der Waals surface area contributed by atoms with Crippen LogP contribution in [-0.4, -0.2) is 30.6 Å². The van der Waals surface area contributed by atoms with Gasteiger partial charge in [0.05, 0.1) is 17.4 Å². The topological polar surface area (TPSA) is 85.6 Å². The highest BCUT2D eigenvalue weighted by Crippen LogP contribution is 2.32. The van der Waals surface area contributed by atoms with E-state index in [2.05, 4.69) is 25.5 Å². The second kappa shape index (κ2) is 6.94. The van der Waals surface area contributed by atoms with Crippen LogP contribution < -0.4 is 5.32 Å². The van der Waals surface area contributed by atoms with Crippen molar-refractivity contribution in [1.82, 2.24) is 24.7 Å². The number of anilines is 1. The molecule has 3 aromatic heterocycles. The number of carbonyl (C=O) groups is 1. The zero-order valence-corrected chi connectivity index (χ0v) is 15.7. The summed E-state index contributed by atoms with van der Waals surface area (Å²) in [7, 11) is 1.64. The molecule has 0 bridgehead atoms. The van der Waals surface area contributed by atoms with Gasteiger partial charge in [-0.25, -0.2) is 0 Å². The van der Waals surface area contributed by atoms with Crippen molar-refractivity contribution in [2.24, 2.45) is 13.0 Å². The molecule has 0 radical (unpaired) electrons. The molecule has 4 rings (SSSR count). The fraction of sp³-hybridized carbons (Fsp3) is 0.316. The van der Waals surface area contributed by atoms with Crippen molar-refractivity contribution in [3.63, 3.8) is 0 Å². The Hall–Kier alpha value is -3.30. The maximum absolute atomic E-state index is 13.0. The van der Waals surface area contributed by atoms with Gasteiger partial charge in [0, 0.05) is 19.2 Å². The minimum Gasteiger partial charge on any atom is -0.324 e. The third-order valence-electron chi connectivity index (χ3n) is 4.70. The first-order chi connectivity index (χ1) is 13.7. The van der Waals surface area contributed by atoms with Gasteiger partial charge in [0.25, 0.3) is 0 Å². The van der Waals surface area contributed by atoms with E-state index < -0.39 is 11.7 Å². The first-order valence-electron chi connectivity index (χ1n) is 8.95. The number of halogens is 3. The predicted molar refractivity (Wildman–Crippen MR) is 98.6 cm³/mol. The number of pyridine rings is 2. The lowest BCUT2D eigenvalue weighted by Crippen LogP contribution is -2.13. The molecule has 7 nitrogen and oxygen atoms in total. The first-order valence-corrected chi connectivity index (χ1v) is 8.95. The van der Waals surface area contributed by atoms with Crippen molar-refractivity contribution in [1.29, 1.82) is 0 Å². The molecule has 10 heteroatoms. The van der Waals surface area contributed by atoms with Gasteiger partial charge < -0.3 is 9.88 Å². The second-order valence-corrected chi connectivity index (χ2v) is 6.99. The zero-order chi connectivity index (χ0) is 20.8. The number of carbonyl (C=O) groups excluding carboxylic acids is 1. The summed E-state index contributed by atoms with van der Waals surface area (Å²) >= 11 is 0. The molecule has 1 aliphatic rings. The molecule has 1 N–H and O–H groups in total. The molecule has 0 spiro atoms. The van der Waals surface area contributed by atoms with Crippen molar-refractivity contribution in [2.45, 2.75) is 25.9 Å². The van der Waals surface area contributed by atoms with Crippen molar-refractivity contribution in [3.8, 4) is 23.0 Å². The number of rotatable bonds is 4. The SMILES string of the molecule is Cc1cc(NC(=O)C2CC2)cnc1-c1nnc(-c2cc(C(F)(F)F)ccn2)n1C. The zero-order valence-electron chi connectivity index (χ0n) is 15.7. The Morgan fingerprint density at radius 2 is 1.90 bits per heavy atom. The van der Waals surface area contributed by atoms with E-state index in [9.17, 15) is 18.0 Å². The Balaban J connectivity index is 1.64. The van der Waals surface area contributed by atoms with Crippen molar-refractivity contribution in [3.05, 3.63) is 41.7 Å². The molecule has 0 saturated heterocycles. The highest BCUT2D eigenvalue weighted by molar-refractivity contribution is 5.94. The van der Waals surface area contributed by atoms with E-state index in [1.54, 1.807) is 17.7 Å². The Morgan fingerprint density at radius 1 is 1.17 bits per heavy atom. The van der Waals surface area contributed by atoms with E-state index >= 15 is 0 Å². The summed E-state index contributed by atoms with van der Waals surface area (Å²) in [6.07, 6.45) is -0.0476. The number of amides is 1. The second-order valence-electron chi connectivity index (χ2n) is 6.99. The van der Waals surface area contributed by atoms with E-state index in [-0.39, 0.29) is 23.3 Å². The number of aromatic nitrogens is 5. The van der Waals surface area contributed by atoms with Crippen LogP contribution in [0.2, 0.25) is 0 Å². The van der Waals surface area contributed by atoms with Gasteiger partial charge >= 0.3 is 6.18 Å². The summed E-state index contributed by atoms with van der Waals surface area (Å²) in [5.41, 5.74) is 1.11. The molecule has 1 fully saturated rings. The molecule has 3 heterocycles. The number of nitrogens with zero attached hydrogens (tertiary/aromatic N) is 5. The van der Waals surface area contributed by atoms with E-state index in [0.717, 1.165) is 36.7 Å². The van der Waals surface area contributed by atoms with Gasteiger partial charge in [-0.1, -0.05) is 0 Å². The number of hydrogen-bond donors (Lipinski definition) is 1. The van der Waals surface area contributed by atoms with Crippen LogP contribution in [0.5, 0.6) is 0 Å². The Kier molecular flexibility index (Phi) is 4.56. The number of hydrogen-bond acceptors (Lipinski definition) is 5. The Bertz CT molecular complexity index is 1090. The Morgan fingerprint density at radius 3 is 2.55 bits per heavy atom. The van der Waals surface area contributed by atoms with Gasteiger partial charge in [0.1, 0.15) is 11.4 Å². The van der Waals surface area contributed by atoms with Gasteiger partial charge in [0.15, 0.2) is 11.6 Å². The molecule has 150 valence electrons. The summed E-state index contributed by atoms with van der Waals surface area (Å²) in [5.74, 6) is 0.641. The normalized spacial score (nSPS) is 14.1. The molecule has 1 aliphatic carbocycles. The van der Waals surface area contributed by atoms with Gasteiger partial charge in [-0.15, -0.1) is 10.2 Å². The summed E-state index contributed by atoms with van der Waals surface area (Å²) in [6, 6.07) is 3.62. The van der Waals surface area contributed by atoms with Crippen LogP contribution in [-0.2, 0) is 18.0 Å². The maximum atomic E-state index is 13.0. The number of aryl methyl sites for hydroxylation is 1. The summed E-state index contributed by atoms with van der Waals surface area (Å²) < 4.78 is 40.5. The van der Waals surface area contributed by atoms with Crippen LogP contribution in [0.4, 0.5) is 18.9 Å². The maximum Gasteiger partial charge on any atom is 0.416 e. The largest absolute Gasteiger partial charge is 0.416 e. The molecule has 3 aromatic rings. The lowest BCUT2D eigenvalue weighted by Gasteiger charge is -2.10. The fourth-order valence-electron chi connectivity index (χ4n) is 2.95. The molecule has 1 amide bonds. The van der Waals surface area contributed by atoms with E-state index in [0.29, 0.717) is 17.2 Å². The van der Waals surface area contributed by atoms with Crippen molar-refractivity contribution >= 4 is 11.6 Å². The third kappa shape index (κ3) is 3.82. The average molecular weight is 402 g/mol. The van der Waals surface area contributed by atoms with Gasteiger partial charge in [-0.2, -0.15) is 13.2 Å². The lowest BCUT2D eigenvalue weighted by atomic mass is 10.2. The molecule has 0 aromatic carbocycles. The predicted octanol–water partition coefficient (Wildman–Crippen LogP) is 3.61. The lowest BCUT2D eigenvalue weighted by molar-refractivity contribution is -0.137. The molecule has 0 aliphatic heterocycles. The summed E-state index contributed by atoms with van der Waals surface area (Å²) in [5, 5.41) is 10.9. The first kappa shape index (κ1) is 19.0. The molecule has 29 heavy (non-hydrogen) atoms. The summed E-state index contributed by atoms with van der Waals surface area (Å²) in [4.78, 5) is 20.3. The van der Waals surface area contributed by atoms with Crippen LogP contribution in [0.25, 0.3) is 23.0 Å². The van der Waals surface area contributed by atoms with Gasteiger partial charge in [0.2, 0.25) is 5.91 Å². The van der Waals surface area contributed by atoms with Gasteiger partial charge in [-0.05, 0) is 43.5 Å². The highest BCUT2D eigenvalue weighted by atomic mass is 19.4. The number of nitrogens with one attached hydrogen (secondary N) is 1. The van der Waals surface area contributed by atoms with E-state index in [4.69, 9.17) is 0 Å². The quantitative estimate of drug-likeness (QED) is 0.721.